The topological polar surface area (TPSA) is 73.2 Å². The van der Waals surface area contributed by atoms with Crippen LogP contribution < -0.4 is 0 Å². The second-order valence-electron chi connectivity index (χ2n) is 7.21. The molecule has 0 saturated carbocycles. The van der Waals surface area contributed by atoms with Gasteiger partial charge in [0.25, 0.3) is 0 Å². The average Bonchev–Trinajstić information content (AvgIpc) is 3.18. The number of thioether (sulfide) groups is 1. The summed E-state index contributed by atoms with van der Waals surface area (Å²) in [7, 11) is 0. The molecule has 0 aromatic heterocycles. The van der Waals surface area contributed by atoms with E-state index in [0.717, 1.165) is 35.9 Å². The van der Waals surface area contributed by atoms with Crippen LogP contribution in [0.5, 0.6) is 0 Å². The lowest BCUT2D eigenvalue weighted by molar-refractivity contribution is -0.154. The van der Waals surface area contributed by atoms with Crippen LogP contribution in [-0.2, 0) is 9.59 Å². The van der Waals surface area contributed by atoms with Crippen LogP contribution in [0.15, 0.2) is 27.7 Å². The zero-order valence-corrected chi connectivity index (χ0v) is 15.6. The van der Waals surface area contributed by atoms with Crippen molar-refractivity contribution in [2.24, 2.45) is 10.4 Å². The quantitative estimate of drug-likeness (QED) is 0.760. The second kappa shape index (κ2) is 7.23. The van der Waals surface area contributed by atoms with E-state index in [4.69, 9.17) is 0 Å². The largest absolute Gasteiger partial charge is 0.481 e. The Bertz CT molecular complexity index is 666. The fourth-order valence-electron chi connectivity index (χ4n) is 3.55. The Kier molecular flexibility index (Phi) is 5.22. The Balaban J connectivity index is 1.67. The van der Waals surface area contributed by atoms with Crippen molar-refractivity contribution in [1.29, 1.82) is 0 Å². The minimum atomic E-state index is -0.857. The molecule has 7 heteroatoms. The predicted molar refractivity (Wildman–Crippen MR) is 99.2 cm³/mol. The minimum Gasteiger partial charge on any atom is -0.481 e. The molecule has 25 heavy (non-hydrogen) atoms. The Morgan fingerprint density at radius 1 is 1.40 bits per heavy atom. The lowest BCUT2D eigenvalue weighted by Gasteiger charge is -2.40. The molecular weight excluding hydrogens is 338 g/mol. The van der Waals surface area contributed by atoms with Crippen molar-refractivity contribution in [2.45, 2.75) is 39.5 Å². The zero-order valence-electron chi connectivity index (χ0n) is 14.8. The number of aliphatic imine (C=N–C) groups is 1. The van der Waals surface area contributed by atoms with Gasteiger partial charge in [-0.25, -0.2) is 0 Å². The van der Waals surface area contributed by atoms with Gasteiger partial charge in [-0.05, 0) is 38.5 Å². The van der Waals surface area contributed by atoms with Gasteiger partial charge in [0.2, 0.25) is 5.91 Å². The number of carbonyl (C=O) groups is 2. The lowest BCUT2D eigenvalue weighted by atomic mass is 9.76. The summed E-state index contributed by atoms with van der Waals surface area (Å²) in [6, 6.07) is 0. The summed E-state index contributed by atoms with van der Waals surface area (Å²) in [5.74, 6) is -0.783. The van der Waals surface area contributed by atoms with Crippen molar-refractivity contribution in [2.75, 3.05) is 26.2 Å². The van der Waals surface area contributed by atoms with E-state index >= 15 is 0 Å². The number of nitrogens with zero attached hydrogens (tertiary/aromatic N) is 3. The number of likely N-dealkylation sites (tertiary alicyclic amines) is 1. The molecule has 3 heterocycles. The molecule has 1 atom stereocenters. The van der Waals surface area contributed by atoms with Crippen LogP contribution in [0.25, 0.3) is 0 Å². The molecule has 1 fully saturated rings. The number of amidine groups is 1. The normalized spacial score (nSPS) is 25.4. The number of hydrogen-bond acceptors (Lipinski definition) is 5. The Hall–Kier alpha value is -1.76. The Morgan fingerprint density at radius 2 is 2.20 bits per heavy atom. The summed E-state index contributed by atoms with van der Waals surface area (Å²) in [4.78, 5) is 33.0. The smallest absolute Gasteiger partial charge is 0.311 e. The summed E-state index contributed by atoms with van der Waals surface area (Å²) in [5.41, 5.74) is 1.24. The number of piperidine rings is 1. The van der Waals surface area contributed by atoms with Crippen LogP contribution in [0.3, 0.4) is 0 Å². The monoisotopic (exact) mass is 363 g/mol. The highest BCUT2D eigenvalue weighted by Crippen LogP contribution is 2.36. The van der Waals surface area contributed by atoms with Crippen molar-refractivity contribution in [3.8, 4) is 0 Å². The molecule has 1 unspecified atom stereocenters. The molecule has 136 valence electrons. The van der Waals surface area contributed by atoms with Crippen LogP contribution in [0.2, 0.25) is 0 Å². The number of rotatable bonds is 5. The molecule has 0 radical (unpaired) electrons. The SMILES string of the molecule is CC(C)=CCC1(C(=O)O)CCCN(C(=O)CC2=CSC3=NCCN23)C1. The van der Waals surface area contributed by atoms with Gasteiger partial charge in [-0.1, -0.05) is 23.4 Å². The van der Waals surface area contributed by atoms with Crippen LogP contribution in [0.4, 0.5) is 0 Å². The molecule has 0 aliphatic carbocycles. The first-order valence-electron chi connectivity index (χ1n) is 8.73. The summed E-state index contributed by atoms with van der Waals surface area (Å²) in [6.07, 6.45) is 4.14. The lowest BCUT2D eigenvalue weighted by Crippen LogP contribution is -2.50. The fraction of sp³-hybridized carbons (Fsp3) is 0.611. The molecule has 1 N–H and O–H groups in total. The predicted octanol–water partition coefficient (Wildman–Crippen LogP) is 2.69. The van der Waals surface area contributed by atoms with E-state index in [1.165, 1.54) is 0 Å². The molecule has 1 amide bonds. The third-order valence-corrected chi connectivity index (χ3v) is 6.02. The second-order valence-corrected chi connectivity index (χ2v) is 8.05. The Morgan fingerprint density at radius 3 is 2.92 bits per heavy atom. The van der Waals surface area contributed by atoms with Gasteiger partial charge in [0, 0.05) is 25.3 Å². The molecule has 0 aromatic carbocycles. The van der Waals surface area contributed by atoms with Crippen molar-refractivity contribution < 1.29 is 14.7 Å². The van der Waals surface area contributed by atoms with E-state index < -0.39 is 11.4 Å². The van der Waals surface area contributed by atoms with Gasteiger partial charge in [-0.2, -0.15) is 0 Å². The zero-order chi connectivity index (χ0) is 18.0. The van der Waals surface area contributed by atoms with Crippen LogP contribution in [-0.4, -0.2) is 58.1 Å². The number of carbonyl (C=O) groups excluding carboxylic acids is 1. The summed E-state index contributed by atoms with van der Waals surface area (Å²) >= 11 is 1.57. The first-order valence-corrected chi connectivity index (χ1v) is 9.61. The summed E-state index contributed by atoms with van der Waals surface area (Å²) in [6.45, 7) is 6.50. The fourth-order valence-corrected chi connectivity index (χ4v) is 4.51. The standard InChI is InChI=1S/C18H25N3O3S/c1-13(2)4-6-18(16(23)24)5-3-8-20(12-18)15(22)10-14-11-25-17-19-7-9-21(14)17/h4,11H,3,5-10,12H2,1-2H3,(H,23,24). The first-order chi connectivity index (χ1) is 11.9. The number of fused-ring (bicyclic) bond motifs is 1. The van der Waals surface area contributed by atoms with Crippen molar-refractivity contribution >= 4 is 28.8 Å². The molecular formula is C18H25N3O3S. The van der Waals surface area contributed by atoms with Gasteiger partial charge in [0.1, 0.15) is 0 Å². The number of carboxylic acids is 1. The Labute approximate surface area is 152 Å². The maximum atomic E-state index is 12.8. The summed E-state index contributed by atoms with van der Waals surface area (Å²) < 4.78 is 0. The van der Waals surface area contributed by atoms with Crippen LogP contribution in [0, 0.1) is 5.41 Å². The molecule has 0 spiro atoms. The van der Waals surface area contributed by atoms with Gasteiger partial charge in [0.05, 0.1) is 18.4 Å². The van der Waals surface area contributed by atoms with E-state index in [2.05, 4.69) is 9.89 Å². The van der Waals surface area contributed by atoms with E-state index in [-0.39, 0.29) is 5.91 Å². The van der Waals surface area contributed by atoms with Gasteiger partial charge in [-0.15, -0.1) is 0 Å². The van der Waals surface area contributed by atoms with E-state index in [9.17, 15) is 14.7 Å². The third kappa shape index (κ3) is 3.76. The van der Waals surface area contributed by atoms with Crippen LogP contribution in [0.1, 0.15) is 39.5 Å². The van der Waals surface area contributed by atoms with Crippen LogP contribution >= 0.6 is 11.8 Å². The summed E-state index contributed by atoms with van der Waals surface area (Å²) in [5, 5.41) is 12.8. The van der Waals surface area contributed by atoms with Gasteiger partial charge < -0.3 is 14.9 Å². The molecule has 3 aliphatic heterocycles. The van der Waals surface area contributed by atoms with Crippen molar-refractivity contribution in [1.82, 2.24) is 9.80 Å². The highest BCUT2D eigenvalue weighted by molar-refractivity contribution is 8.16. The van der Waals surface area contributed by atoms with Gasteiger partial charge in [-0.3, -0.25) is 14.6 Å². The van der Waals surface area contributed by atoms with Gasteiger partial charge in [0.15, 0.2) is 5.17 Å². The molecule has 6 nitrogen and oxygen atoms in total. The van der Waals surface area contributed by atoms with E-state index in [1.54, 1.807) is 16.7 Å². The first kappa shape index (κ1) is 18.0. The number of hydrogen-bond donors (Lipinski definition) is 1. The van der Waals surface area contributed by atoms with Crippen molar-refractivity contribution in [3.63, 3.8) is 0 Å². The molecule has 0 bridgehead atoms. The maximum Gasteiger partial charge on any atom is 0.311 e. The number of carboxylic acid groups (broad SMARTS) is 1. The van der Waals surface area contributed by atoms with Crippen molar-refractivity contribution in [3.05, 3.63) is 22.8 Å². The van der Waals surface area contributed by atoms with E-state index in [1.807, 2.05) is 25.3 Å². The highest BCUT2D eigenvalue weighted by Gasteiger charge is 2.43. The minimum absolute atomic E-state index is 0.0162. The van der Waals surface area contributed by atoms with Gasteiger partial charge >= 0.3 is 5.97 Å². The van der Waals surface area contributed by atoms with E-state index in [0.29, 0.717) is 32.4 Å². The molecule has 1 saturated heterocycles. The molecule has 3 aliphatic rings. The molecule has 0 aromatic rings. The highest BCUT2D eigenvalue weighted by atomic mass is 32.2. The number of amides is 1. The number of aliphatic carboxylic acids is 1. The molecule has 3 rings (SSSR count). The average molecular weight is 363 g/mol. The number of allylic oxidation sites excluding steroid dienone is 2. The third-order valence-electron chi connectivity index (χ3n) is 5.07. The maximum absolute atomic E-state index is 12.8.